The number of nitrogens with one attached hydrogen (secondary N) is 3. The van der Waals surface area contributed by atoms with Crippen molar-refractivity contribution in [3.05, 3.63) is 48.5 Å². The van der Waals surface area contributed by atoms with Gasteiger partial charge in [0, 0.05) is 11.4 Å². The highest BCUT2D eigenvalue weighted by atomic mass is 16.5. The van der Waals surface area contributed by atoms with Crippen molar-refractivity contribution in [1.82, 2.24) is 5.32 Å². The maximum Gasteiger partial charge on any atom is 0.313 e. The van der Waals surface area contributed by atoms with Gasteiger partial charge in [0.2, 0.25) is 5.91 Å². The average molecular weight is 371 g/mol. The summed E-state index contributed by atoms with van der Waals surface area (Å²) in [5.74, 6) is -0.907. The van der Waals surface area contributed by atoms with Crippen LogP contribution in [0.15, 0.2) is 48.5 Å². The smallest absolute Gasteiger partial charge is 0.313 e. The molecule has 142 valence electrons. The van der Waals surface area contributed by atoms with Crippen LogP contribution in [0, 0.1) is 0 Å². The summed E-state index contributed by atoms with van der Waals surface area (Å²) < 4.78 is 10.3. The summed E-state index contributed by atoms with van der Waals surface area (Å²) in [6.07, 6.45) is 0. The Hall–Kier alpha value is -3.55. The van der Waals surface area contributed by atoms with E-state index >= 15 is 0 Å². The highest BCUT2D eigenvalue weighted by Crippen LogP contribution is 2.16. The lowest BCUT2D eigenvalue weighted by Crippen LogP contribution is -2.39. The highest BCUT2D eigenvalue weighted by molar-refractivity contribution is 6.39. The van der Waals surface area contributed by atoms with Gasteiger partial charge in [-0.05, 0) is 55.5 Å². The van der Waals surface area contributed by atoms with E-state index in [0.29, 0.717) is 29.5 Å². The largest absolute Gasteiger partial charge is 0.497 e. The zero-order valence-corrected chi connectivity index (χ0v) is 15.1. The molecule has 0 aliphatic carbocycles. The molecule has 0 bridgehead atoms. The fraction of sp³-hybridized carbons (Fsp3) is 0.211. The maximum atomic E-state index is 11.9. The molecule has 0 fully saturated rings. The van der Waals surface area contributed by atoms with Crippen molar-refractivity contribution < 1.29 is 23.9 Å². The van der Waals surface area contributed by atoms with E-state index < -0.39 is 17.7 Å². The van der Waals surface area contributed by atoms with Crippen molar-refractivity contribution in [1.29, 1.82) is 0 Å². The van der Waals surface area contributed by atoms with Gasteiger partial charge in [-0.3, -0.25) is 14.4 Å². The molecule has 2 aromatic rings. The fourth-order valence-corrected chi connectivity index (χ4v) is 2.11. The van der Waals surface area contributed by atoms with Crippen molar-refractivity contribution in [2.45, 2.75) is 6.92 Å². The molecule has 0 heterocycles. The topological polar surface area (TPSA) is 106 Å². The number of rotatable bonds is 7. The Balaban J connectivity index is 1.77. The van der Waals surface area contributed by atoms with E-state index in [1.807, 2.05) is 6.92 Å². The van der Waals surface area contributed by atoms with Crippen molar-refractivity contribution in [3.8, 4) is 11.5 Å². The van der Waals surface area contributed by atoms with Crippen LogP contribution in [0.1, 0.15) is 6.92 Å². The van der Waals surface area contributed by atoms with Crippen LogP contribution < -0.4 is 25.4 Å². The first-order chi connectivity index (χ1) is 13.0. The SMILES string of the molecule is CCOc1ccc(NC(=O)C(=O)NCC(=O)Nc2ccc(OC)cc2)cc1. The average Bonchev–Trinajstić information content (AvgIpc) is 2.68. The van der Waals surface area contributed by atoms with E-state index in [-0.39, 0.29) is 6.54 Å². The van der Waals surface area contributed by atoms with Crippen molar-refractivity contribution in [3.63, 3.8) is 0 Å². The van der Waals surface area contributed by atoms with Crippen molar-refractivity contribution in [2.24, 2.45) is 0 Å². The van der Waals surface area contributed by atoms with Gasteiger partial charge in [0.15, 0.2) is 0 Å². The summed E-state index contributed by atoms with van der Waals surface area (Å²) in [7, 11) is 1.54. The number of benzene rings is 2. The second-order valence-corrected chi connectivity index (χ2v) is 5.37. The highest BCUT2D eigenvalue weighted by Gasteiger charge is 2.15. The molecule has 0 unspecified atom stereocenters. The maximum absolute atomic E-state index is 11.9. The molecule has 27 heavy (non-hydrogen) atoms. The zero-order chi connectivity index (χ0) is 19.6. The van der Waals surface area contributed by atoms with Crippen LogP contribution in [-0.2, 0) is 14.4 Å². The van der Waals surface area contributed by atoms with Gasteiger partial charge < -0.3 is 25.4 Å². The number of anilines is 2. The molecule has 3 amide bonds. The lowest BCUT2D eigenvalue weighted by atomic mass is 10.3. The second kappa shape index (κ2) is 9.81. The summed E-state index contributed by atoms with van der Waals surface area (Å²) in [5, 5.41) is 7.31. The molecular weight excluding hydrogens is 350 g/mol. The lowest BCUT2D eigenvalue weighted by Gasteiger charge is -2.09. The molecule has 0 atom stereocenters. The quantitative estimate of drug-likeness (QED) is 0.644. The number of carbonyl (C=O) groups is 3. The van der Waals surface area contributed by atoms with Crippen LogP contribution >= 0.6 is 0 Å². The molecule has 2 aromatic carbocycles. The molecule has 0 spiro atoms. The minimum absolute atomic E-state index is 0.332. The fourth-order valence-electron chi connectivity index (χ4n) is 2.11. The van der Waals surface area contributed by atoms with Crippen molar-refractivity contribution in [2.75, 3.05) is 30.9 Å². The second-order valence-electron chi connectivity index (χ2n) is 5.37. The van der Waals surface area contributed by atoms with Crippen LogP contribution in [0.4, 0.5) is 11.4 Å². The molecule has 0 radical (unpaired) electrons. The zero-order valence-electron chi connectivity index (χ0n) is 15.1. The third kappa shape index (κ3) is 6.35. The van der Waals surface area contributed by atoms with Gasteiger partial charge in [0.1, 0.15) is 11.5 Å². The molecule has 2 rings (SSSR count). The minimum Gasteiger partial charge on any atom is -0.497 e. The Kier molecular flexibility index (Phi) is 7.18. The van der Waals surface area contributed by atoms with Crippen LogP contribution in [-0.4, -0.2) is 38.0 Å². The molecule has 8 heteroatoms. The van der Waals surface area contributed by atoms with Crippen LogP contribution in [0.25, 0.3) is 0 Å². The first-order valence-electron chi connectivity index (χ1n) is 8.27. The van der Waals surface area contributed by atoms with Gasteiger partial charge in [-0.2, -0.15) is 0 Å². The predicted molar refractivity (Wildman–Crippen MR) is 101 cm³/mol. The van der Waals surface area contributed by atoms with Gasteiger partial charge in [-0.25, -0.2) is 0 Å². The predicted octanol–water partition coefficient (Wildman–Crippen LogP) is 1.79. The summed E-state index contributed by atoms with van der Waals surface area (Å²) in [6.45, 7) is 2.07. The number of ether oxygens (including phenoxy) is 2. The Morgan fingerprint density at radius 1 is 0.815 bits per heavy atom. The van der Waals surface area contributed by atoms with E-state index in [1.165, 1.54) is 0 Å². The Morgan fingerprint density at radius 3 is 1.93 bits per heavy atom. The van der Waals surface area contributed by atoms with Crippen LogP contribution in [0.3, 0.4) is 0 Å². The van der Waals surface area contributed by atoms with Gasteiger partial charge in [-0.1, -0.05) is 0 Å². The van der Waals surface area contributed by atoms with Gasteiger partial charge in [0.25, 0.3) is 0 Å². The first kappa shape index (κ1) is 19.8. The molecule has 0 saturated carbocycles. The molecule has 0 aliphatic heterocycles. The molecule has 0 aromatic heterocycles. The van der Waals surface area contributed by atoms with E-state index in [1.54, 1.807) is 55.6 Å². The first-order valence-corrected chi connectivity index (χ1v) is 8.27. The van der Waals surface area contributed by atoms with E-state index in [2.05, 4.69) is 16.0 Å². The summed E-state index contributed by atoms with van der Waals surface area (Å²) >= 11 is 0. The van der Waals surface area contributed by atoms with Crippen LogP contribution in [0.2, 0.25) is 0 Å². The number of amides is 3. The molecule has 3 N–H and O–H groups in total. The Morgan fingerprint density at radius 2 is 1.37 bits per heavy atom. The summed E-state index contributed by atoms with van der Waals surface area (Å²) in [4.78, 5) is 35.5. The monoisotopic (exact) mass is 371 g/mol. The molecule has 0 saturated heterocycles. The third-order valence-electron chi connectivity index (χ3n) is 3.41. The Bertz CT molecular complexity index is 788. The number of hydrogen-bond acceptors (Lipinski definition) is 5. The summed E-state index contributed by atoms with van der Waals surface area (Å²) in [6, 6.07) is 13.3. The lowest BCUT2D eigenvalue weighted by molar-refractivity contribution is -0.136. The van der Waals surface area contributed by atoms with E-state index in [9.17, 15) is 14.4 Å². The van der Waals surface area contributed by atoms with Crippen LogP contribution in [0.5, 0.6) is 11.5 Å². The van der Waals surface area contributed by atoms with E-state index in [0.717, 1.165) is 0 Å². The third-order valence-corrected chi connectivity index (χ3v) is 3.41. The van der Waals surface area contributed by atoms with E-state index in [4.69, 9.17) is 9.47 Å². The minimum atomic E-state index is -0.909. The number of hydrogen-bond donors (Lipinski definition) is 3. The van der Waals surface area contributed by atoms with Crippen molar-refractivity contribution >= 4 is 29.1 Å². The molecular formula is C19H21N3O5. The summed E-state index contributed by atoms with van der Waals surface area (Å²) in [5.41, 5.74) is 0.996. The number of methoxy groups -OCH3 is 1. The van der Waals surface area contributed by atoms with Gasteiger partial charge in [0.05, 0.1) is 20.3 Å². The standard InChI is InChI=1S/C19H21N3O5/c1-3-27-16-10-6-14(7-11-16)22-19(25)18(24)20-12-17(23)21-13-4-8-15(26-2)9-5-13/h4-11H,3,12H2,1-2H3,(H,20,24)(H,21,23)(H,22,25). The Labute approximate surface area is 156 Å². The molecule has 8 nitrogen and oxygen atoms in total. The van der Waals surface area contributed by atoms with Gasteiger partial charge in [-0.15, -0.1) is 0 Å². The molecule has 0 aliphatic rings. The normalized spacial score (nSPS) is 9.85. The number of carbonyl (C=O) groups excluding carboxylic acids is 3. The van der Waals surface area contributed by atoms with Gasteiger partial charge >= 0.3 is 11.8 Å².